The van der Waals surface area contributed by atoms with Crippen LogP contribution >= 0.6 is 0 Å². The second-order valence-electron chi connectivity index (χ2n) is 2.81. The van der Waals surface area contributed by atoms with E-state index in [-0.39, 0.29) is 17.3 Å². The quantitative estimate of drug-likeness (QED) is 0.579. The van der Waals surface area contributed by atoms with Crippen molar-refractivity contribution in [3.63, 3.8) is 0 Å². The standard InChI is InChI=1S/C11H7N3/c1-7-4-9(5-12)11(14-3)8(2)10(7)6-13/h4H,1-2H3/i4D. The van der Waals surface area contributed by atoms with Crippen LogP contribution in [0.3, 0.4) is 0 Å². The molecule has 0 fully saturated rings. The van der Waals surface area contributed by atoms with Crippen LogP contribution in [-0.2, 0) is 0 Å². The molecule has 0 aromatic heterocycles. The monoisotopic (exact) mass is 182 g/mol. The zero-order valence-corrected chi connectivity index (χ0v) is 7.84. The minimum atomic E-state index is -0.0225. The van der Waals surface area contributed by atoms with Crippen molar-refractivity contribution < 1.29 is 1.37 Å². The highest BCUT2D eigenvalue weighted by atomic mass is 14.7. The molecule has 1 aromatic carbocycles. The predicted molar refractivity (Wildman–Crippen MR) is 51.6 cm³/mol. The molecule has 0 atom stereocenters. The first-order valence-electron chi connectivity index (χ1n) is 4.39. The maximum absolute atomic E-state index is 8.89. The SMILES string of the molecule is [2H]c1c(C)c(C#N)c(C)c([N+]#[C-])c1C#N. The van der Waals surface area contributed by atoms with E-state index in [1.165, 1.54) is 0 Å². The summed E-state index contributed by atoms with van der Waals surface area (Å²) in [7, 11) is 0. The summed E-state index contributed by atoms with van der Waals surface area (Å²) in [5.74, 6) is 0. The second kappa shape index (κ2) is 3.60. The van der Waals surface area contributed by atoms with Gasteiger partial charge in [-0.3, -0.25) is 0 Å². The topological polar surface area (TPSA) is 51.9 Å². The van der Waals surface area contributed by atoms with E-state index < -0.39 is 0 Å². The van der Waals surface area contributed by atoms with Crippen LogP contribution in [-0.4, -0.2) is 0 Å². The molecule has 0 aliphatic carbocycles. The fraction of sp³-hybridized carbons (Fsp3) is 0.182. The average Bonchev–Trinajstić information content (AvgIpc) is 2.23. The fourth-order valence-electron chi connectivity index (χ4n) is 1.28. The summed E-state index contributed by atoms with van der Waals surface area (Å²) in [6, 6.07) is 3.77. The van der Waals surface area contributed by atoms with E-state index in [2.05, 4.69) is 4.85 Å². The fourth-order valence-corrected chi connectivity index (χ4v) is 1.28. The van der Waals surface area contributed by atoms with Gasteiger partial charge in [0.1, 0.15) is 0 Å². The van der Waals surface area contributed by atoms with Crippen LogP contribution in [0.1, 0.15) is 23.6 Å². The van der Waals surface area contributed by atoms with Gasteiger partial charge in [-0.1, -0.05) is 6.04 Å². The summed E-state index contributed by atoms with van der Waals surface area (Å²) in [5.41, 5.74) is 1.44. The van der Waals surface area contributed by atoms with Crippen LogP contribution < -0.4 is 0 Å². The van der Waals surface area contributed by atoms with Crippen molar-refractivity contribution in [1.29, 1.82) is 10.5 Å². The third-order valence-electron chi connectivity index (χ3n) is 1.99. The van der Waals surface area contributed by atoms with Crippen molar-refractivity contribution >= 4 is 5.69 Å². The molecule has 0 radical (unpaired) electrons. The summed E-state index contributed by atoms with van der Waals surface area (Å²) in [6.07, 6.45) is 0. The Morgan fingerprint density at radius 3 is 2.50 bits per heavy atom. The van der Waals surface area contributed by atoms with E-state index in [0.717, 1.165) is 0 Å². The number of hydrogen-bond donors (Lipinski definition) is 0. The van der Waals surface area contributed by atoms with E-state index >= 15 is 0 Å². The smallest absolute Gasteiger partial charge is 0.208 e. The Hall–Kier alpha value is -2.31. The van der Waals surface area contributed by atoms with Crippen molar-refractivity contribution in [3.8, 4) is 12.1 Å². The predicted octanol–water partition coefficient (Wildman–Crippen LogP) is 2.60. The van der Waals surface area contributed by atoms with Crippen molar-refractivity contribution in [2.75, 3.05) is 0 Å². The number of nitrogens with zero attached hydrogens (tertiary/aromatic N) is 3. The molecule has 0 N–H and O–H groups in total. The van der Waals surface area contributed by atoms with Gasteiger partial charge < -0.3 is 0 Å². The van der Waals surface area contributed by atoms with Gasteiger partial charge in [-0.15, -0.1) is 0 Å². The van der Waals surface area contributed by atoms with Gasteiger partial charge in [-0.25, -0.2) is 4.85 Å². The first-order valence-corrected chi connectivity index (χ1v) is 3.89. The van der Waals surface area contributed by atoms with Gasteiger partial charge in [0.2, 0.25) is 5.69 Å². The molecule has 0 aliphatic rings. The van der Waals surface area contributed by atoms with E-state index in [4.69, 9.17) is 18.5 Å². The van der Waals surface area contributed by atoms with Crippen LogP contribution in [0.25, 0.3) is 4.85 Å². The molecule has 0 amide bonds. The van der Waals surface area contributed by atoms with E-state index in [1.807, 2.05) is 12.1 Å². The van der Waals surface area contributed by atoms with Gasteiger partial charge in [0.15, 0.2) is 0 Å². The van der Waals surface area contributed by atoms with Crippen molar-refractivity contribution in [1.82, 2.24) is 0 Å². The molecule has 3 nitrogen and oxygen atoms in total. The largest absolute Gasteiger partial charge is 0.236 e. The lowest BCUT2D eigenvalue weighted by molar-refractivity contribution is 1.31. The van der Waals surface area contributed by atoms with Gasteiger partial charge in [-0.2, -0.15) is 10.5 Å². The molecule has 0 unspecified atom stereocenters. The maximum Gasteiger partial charge on any atom is 0.208 e. The molecule has 0 saturated heterocycles. The third kappa shape index (κ3) is 1.30. The molecule has 66 valence electrons. The molecule has 0 heterocycles. The normalized spacial score (nSPS) is 9.50. The summed E-state index contributed by atoms with van der Waals surface area (Å²) in [6.45, 7) is 10.2. The van der Waals surface area contributed by atoms with Crippen molar-refractivity contribution in [2.24, 2.45) is 0 Å². The molecule has 0 saturated carbocycles. The minimum absolute atomic E-state index is 0.0225. The highest BCUT2D eigenvalue weighted by molar-refractivity contribution is 5.69. The summed E-state index contributed by atoms with van der Waals surface area (Å²) >= 11 is 0. The Kier molecular flexibility index (Phi) is 2.14. The molecule has 0 aliphatic heterocycles. The third-order valence-corrected chi connectivity index (χ3v) is 1.99. The Bertz CT molecular complexity index is 553. The zero-order chi connectivity index (χ0) is 11.6. The molecule has 3 heteroatoms. The molecular formula is C11H7N3. The number of hydrogen-bond acceptors (Lipinski definition) is 2. The first kappa shape index (κ1) is 8.30. The van der Waals surface area contributed by atoms with E-state index in [0.29, 0.717) is 16.7 Å². The van der Waals surface area contributed by atoms with Gasteiger partial charge >= 0.3 is 0 Å². The molecule has 0 bridgehead atoms. The molecule has 0 spiro atoms. The lowest BCUT2D eigenvalue weighted by Crippen LogP contribution is -1.91. The first-order chi connectivity index (χ1) is 7.08. The Balaban J connectivity index is 3.88. The van der Waals surface area contributed by atoms with E-state index in [1.54, 1.807) is 13.8 Å². The summed E-state index contributed by atoms with van der Waals surface area (Å²) in [4.78, 5) is 3.21. The average molecular weight is 182 g/mol. The van der Waals surface area contributed by atoms with Crippen LogP contribution in [0.5, 0.6) is 0 Å². The van der Waals surface area contributed by atoms with E-state index in [9.17, 15) is 0 Å². The molecular weight excluding hydrogens is 174 g/mol. The lowest BCUT2D eigenvalue weighted by atomic mass is 9.98. The molecule has 1 aromatic rings. The number of rotatable bonds is 0. The van der Waals surface area contributed by atoms with Gasteiger partial charge in [0.25, 0.3) is 0 Å². The van der Waals surface area contributed by atoms with Gasteiger partial charge in [0, 0.05) is 5.56 Å². The summed E-state index contributed by atoms with van der Waals surface area (Å²) < 4.78 is 7.66. The van der Waals surface area contributed by atoms with Crippen LogP contribution in [0.2, 0.25) is 0 Å². The summed E-state index contributed by atoms with van der Waals surface area (Å²) in [5, 5.41) is 17.7. The van der Waals surface area contributed by atoms with Crippen LogP contribution in [0, 0.1) is 43.1 Å². The van der Waals surface area contributed by atoms with Crippen molar-refractivity contribution in [3.05, 3.63) is 39.7 Å². The molecule has 1 rings (SSSR count). The molecule has 14 heavy (non-hydrogen) atoms. The van der Waals surface area contributed by atoms with Gasteiger partial charge in [-0.05, 0) is 25.0 Å². The Morgan fingerprint density at radius 2 is 2.07 bits per heavy atom. The highest BCUT2D eigenvalue weighted by Gasteiger charge is 2.12. The van der Waals surface area contributed by atoms with Crippen LogP contribution in [0.4, 0.5) is 5.69 Å². The van der Waals surface area contributed by atoms with Gasteiger partial charge in [0.05, 0.1) is 25.6 Å². The highest BCUT2D eigenvalue weighted by Crippen LogP contribution is 2.28. The maximum atomic E-state index is 8.89. The number of nitriles is 2. The van der Waals surface area contributed by atoms with Crippen LogP contribution in [0.15, 0.2) is 6.04 Å². The number of benzene rings is 1. The minimum Gasteiger partial charge on any atom is -0.236 e. The Morgan fingerprint density at radius 1 is 1.43 bits per heavy atom. The lowest BCUT2D eigenvalue weighted by Gasteiger charge is -2.05. The zero-order valence-electron chi connectivity index (χ0n) is 8.84. The second-order valence-corrected chi connectivity index (χ2v) is 2.81. The Labute approximate surface area is 84.0 Å². The van der Waals surface area contributed by atoms with Crippen molar-refractivity contribution in [2.45, 2.75) is 13.8 Å².